The first-order valence-corrected chi connectivity index (χ1v) is 9.25. The number of nitrogen functional groups attached to an aromatic ring is 1. The molecule has 2 aliphatic rings. The molecule has 8 heteroatoms. The number of benzene rings is 1. The summed E-state index contributed by atoms with van der Waals surface area (Å²) in [5.41, 5.74) is 3.66. The van der Waals surface area contributed by atoms with Gasteiger partial charge in [0.05, 0.1) is 16.6 Å². The molecule has 2 heterocycles. The lowest BCUT2D eigenvalue weighted by Gasteiger charge is -2.26. The summed E-state index contributed by atoms with van der Waals surface area (Å²) < 4.78 is 32.1. The van der Waals surface area contributed by atoms with Crippen molar-refractivity contribution in [3.05, 3.63) is 33.6 Å². The van der Waals surface area contributed by atoms with Crippen LogP contribution in [-0.4, -0.2) is 28.7 Å². The van der Waals surface area contributed by atoms with Gasteiger partial charge in [0, 0.05) is 25.3 Å². The highest BCUT2D eigenvalue weighted by Crippen LogP contribution is 2.41. The third kappa shape index (κ3) is 2.83. The molecule has 144 valence electrons. The lowest BCUT2D eigenvalue weighted by molar-refractivity contribution is 0.0695. The second-order valence-corrected chi connectivity index (χ2v) is 7.33. The largest absolute Gasteiger partial charge is 0.477 e. The van der Waals surface area contributed by atoms with Crippen LogP contribution in [0.15, 0.2) is 11.0 Å². The van der Waals surface area contributed by atoms with E-state index in [-0.39, 0.29) is 22.6 Å². The molecular weight excluding hydrogens is 356 g/mol. The molecule has 0 atom stereocenters. The van der Waals surface area contributed by atoms with Gasteiger partial charge < -0.3 is 20.3 Å². The van der Waals surface area contributed by atoms with Gasteiger partial charge in [0.2, 0.25) is 5.43 Å². The Morgan fingerprint density at radius 2 is 1.74 bits per heavy atom. The molecule has 4 rings (SSSR count). The van der Waals surface area contributed by atoms with Crippen LogP contribution in [0.1, 0.15) is 54.9 Å². The first-order chi connectivity index (χ1) is 12.9. The van der Waals surface area contributed by atoms with E-state index in [1.54, 1.807) is 4.90 Å². The van der Waals surface area contributed by atoms with Crippen molar-refractivity contribution in [3.63, 3.8) is 0 Å². The van der Waals surface area contributed by atoms with E-state index in [9.17, 15) is 14.7 Å². The maximum absolute atomic E-state index is 15.5. The number of aromatic nitrogens is 1. The minimum atomic E-state index is -1.44. The fraction of sp³-hybridized carbons (Fsp3) is 0.474. The van der Waals surface area contributed by atoms with E-state index < -0.39 is 34.3 Å². The highest BCUT2D eigenvalue weighted by atomic mass is 19.1. The first-order valence-electron chi connectivity index (χ1n) is 9.25. The topological polar surface area (TPSA) is 88.6 Å². The number of hydrogen-bond acceptors (Lipinski definition) is 4. The Morgan fingerprint density at radius 1 is 1.11 bits per heavy atom. The molecule has 1 aromatic carbocycles. The SMILES string of the molecule is Nc1c(F)c(N2CCCCCC2)c(F)c2c1c(=O)c(C(=O)O)cn2C1CC1. The number of nitrogens with zero attached hydrogens (tertiary/aromatic N) is 2. The molecule has 6 nitrogen and oxygen atoms in total. The zero-order valence-electron chi connectivity index (χ0n) is 14.8. The van der Waals surface area contributed by atoms with E-state index >= 15 is 8.78 Å². The molecule has 1 saturated carbocycles. The summed E-state index contributed by atoms with van der Waals surface area (Å²) in [6.07, 6.45) is 6.29. The van der Waals surface area contributed by atoms with E-state index in [1.807, 2.05) is 0 Å². The molecule has 2 fully saturated rings. The van der Waals surface area contributed by atoms with Crippen LogP contribution >= 0.6 is 0 Å². The summed E-state index contributed by atoms with van der Waals surface area (Å²) in [4.78, 5) is 25.7. The van der Waals surface area contributed by atoms with Crippen molar-refractivity contribution in [2.45, 2.75) is 44.6 Å². The predicted molar refractivity (Wildman–Crippen MR) is 98.4 cm³/mol. The van der Waals surface area contributed by atoms with E-state index in [0.29, 0.717) is 13.1 Å². The number of hydrogen-bond donors (Lipinski definition) is 2. The summed E-state index contributed by atoms with van der Waals surface area (Å²) >= 11 is 0. The van der Waals surface area contributed by atoms with Gasteiger partial charge in [0.15, 0.2) is 11.6 Å². The Hall–Kier alpha value is -2.64. The van der Waals surface area contributed by atoms with Crippen LogP contribution < -0.4 is 16.1 Å². The number of rotatable bonds is 3. The molecule has 1 aromatic heterocycles. The van der Waals surface area contributed by atoms with Crippen LogP contribution in [0.2, 0.25) is 0 Å². The predicted octanol–water partition coefficient (Wildman–Crippen LogP) is 3.28. The molecule has 1 aliphatic heterocycles. The average Bonchev–Trinajstić information content (AvgIpc) is 3.46. The number of carboxylic acid groups (broad SMARTS) is 1. The zero-order valence-corrected chi connectivity index (χ0v) is 14.8. The van der Waals surface area contributed by atoms with Gasteiger partial charge in [-0.05, 0) is 25.7 Å². The van der Waals surface area contributed by atoms with Crippen LogP contribution in [0, 0.1) is 11.6 Å². The monoisotopic (exact) mass is 377 g/mol. The maximum atomic E-state index is 15.5. The molecule has 3 N–H and O–H groups in total. The zero-order chi connectivity index (χ0) is 19.3. The highest BCUT2D eigenvalue weighted by Gasteiger charge is 2.32. The van der Waals surface area contributed by atoms with Gasteiger partial charge in [-0.1, -0.05) is 12.8 Å². The second-order valence-electron chi connectivity index (χ2n) is 7.33. The molecule has 1 aliphatic carbocycles. The van der Waals surface area contributed by atoms with Gasteiger partial charge in [0.1, 0.15) is 11.3 Å². The Balaban J connectivity index is 2.06. The molecule has 0 bridgehead atoms. The number of aromatic carboxylic acids is 1. The maximum Gasteiger partial charge on any atom is 0.341 e. The van der Waals surface area contributed by atoms with Crippen LogP contribution in [0.25, 0.3) is 10.9 Å². The van der Waals surface area contributed by atoms with Gasteiger partial charge in [-0.15, -0.1) is 0 Å². The number of carbonyl (C=O) groups is 1. The van der Waals surface area contributed by atoms with Gasteiger partial charge in [-0.25, -0.2) is 13.6 Å². The standard InChI is InChI=1S/C19H21F2N3O3/c20-13-15(22)12-16(14(21)17(13)23-7-3-1-2-4-8-23)24(10-5-6-10)9-11(18(12)25)19(26)27/h9-10H,1-8,22H2,(H,26,27). The fourth-order valence-electron chi connectivity index (χ4n) is 3.92. The minimum Gasteiger partial charge on any atom is -0.477 e. The van der Waals surface area contributed by atoms with E-state index in [1.165, 1.54) is 4.57 Å². The minimum absolute atomic E-state index is 0.0920. The molecule has 1 saturated heterocycles. The molecule has 27 heavy (non-hydrogen) atoms. The quantitative estimate of drug-likeness (QED) is 0.802. The summed E-state index contributed by atoms with van der Waals surface area (Å²) in [7, 11) is 0. The normalized spacial score (nSPS) is 17.9. The number of halogens is 2. The fourth-order valence-corrected chi connectivity index (χ4v) is 3.92. The third-order valence-corrected chi connectivity index (χ3v) is 5.46. The van der Waals surface area contributed by atoms with E-state index in [2.05, 4.69) is 0 Å². The van der Waals surface area contributed by atoms with E-state index in [0.717, 1.165) is 44.7 Å². The van der Waals surface area contributed by atoms with Crippen molar-refractivity contribution >= 4 is 28.2 Å². The number of carboxylic acids is 1. The molecule has 0 unspecified atom stereocenters. The van der Waals surface area contributed by atoms with Crippen molar-refractivity contribution < 1.29 is 18.7 Å². The van der Waals surface area contributed by atoms with Crippen LogP contribution in [0.3, 0.4) is 0 Å². The van der Waals surface area contributed by atoms with Crippen molar-refractivity contribution in [2.75, 3.05) is 23.7 Å². The van der Waals surface area contributed by atoms with Crippen molar-refractivity contribution in [1.29, 1.82) is 0 Å². The summed E-state index contributed by atoms with van der Waals surface area (Å²) in [6, 6.07) is -0.109. The Labute approximate surface area is 154 Å². The van der Waals surface area contributed by atoms with Crippen LogP contribution in [0.5, 0.6) is 0 Å². The van der Waals surface area contributed by atoms with Gasteiger partial charge >= 0.3 is 5.97 Å². The van der Waals surface area contributed by atoms with Crippen LogP contribution in [-0.2, 0) is 0 Å². The summed E-state index contributed by atoms with van der Waals surface area (Å²) in [5, 5.41) is 8.94. The molecule has 0 radical (unpaired) electrons. The second kappa shape index (κ2) is 6.51. The molecular formula is C19H21F2N3O3. The molecule has 2 aromatic rings. The molecule has 0 spiro atoms. The highest BCUT2D eigenvalue weighted by molar-refractivity contribution is 5.99. The Bertz CT molecular complexity index is 990. The van der Waals surface area contributed by atoms with Crippen molar-refractivity contribution in [2.24, 2.45) is 0 Å². The third-order valence-electron chi connectivity index (χ3n) is 5.46. The smallest absolute Gasteiger partial charge is 0.341 e. The lowest BCUT2D eigenvalue weighted by atomic mass is 10.1. The summed E-state index contributed by atoms with van der Waals surface area (Å²) in [6.45, 7) is 1.03. The number of fused-ring (bicyclic) bond motifs is 1. The Kier molecular flexibility index (Phi) is 4.28. The first kappa shape index (κ1) is 17.8. The number of pyridine rings is 1. The van der Waals surface area contributed by atoms with Gasteiger partial charge in [-0.2, -0.15) is 0 Å². The summed E-state index contributed by atoms with van der Waals surface area (Å²) in [5.74, 6) is -3.25. The Morgan fingerprint density at radius 3 is 2.30 bits per heavy atom. The number of anilines is 2. The average molecular weight is 377 g/mol. The molecule has 0 amide bonds. The van der Waals surface area contributed by atoms with Crippen LogP contribution in [0.4, 0.5) is 20.2 Å². The lowest BCUT2D eigenvalue weighted by Crippen LogP contribution is -2.28. The van der Waals surface area contributed by atoms with Gasteiger partial charge in [-0.3, -0.25) is 4.79 Å². The van der Waals surface area contributed by atoms with Crippen molar-refractivity contribution in [1.82, 2.24) is 4.57 Å². The van der Waals surface area contributed by atoms with Crippen molar-refractivity contribution in [3.8, 4) is 0 Å². The van der Waals surface area contributed by atoms with Gasteiger partial charge in [0.25, 0.3) is 0 Å². The number of nitrogens with two attached hydrogens (primary N) is 1. The van der Waals surface area contributed by atoms with E-state index in [4.69, 9.17) is 5.73 Å².